The first-order chi connectivity index (χ1) is 10.8. The molecule has 0 aliphatic carbocycles. The van der Waals surface area contributed by atoms with Gasteiger partial charge >= 0.3 is 6.36 Å². The van der Waals surface area contributed by atoms with Crippen LogP contribution in [-0.4, -0.2) is 17.5 Å². The van der Waals surface area contributed by atoms with Gasteiger partial charge in [-0.15, -0.1) is 24.9 Å². The smallest absolute Gasteiger partial charge is 0.406 e. The lowest BCUT2D eigenvalue weighted by Gasteiger charge is -2.13. The van der Waals surface area contributed by atoms with Gasteiger partial charge in [0.25, 0.3) is 0 Å². The van der Waals surface area contributed by atoms with Crippen LogP contribution < -0.4 is 10.1 Å². The average Bonchev–Trinajstić information content (AvgIpc) is 2.48. The molecular weight excluding hydrogens is 327 g/mol. The Morgan fingerprint density at radius 2 is 1.70 bits per heavy atom. The van der Waals surface area contributed by atoms with Crippen LogP contribution in [0.2, 0.25) is 0 Å². The lowest BCUT2D eigenvalue weighted by molar-refractivity contribution is -0.274. The van der Waals surface area contributed by atoms with Gasteiger partial charge in [-0.3, -0.25) is 4.79 Å². The Balaban J connectivity index is 1.92. The average molecular weight is 341 g/mol. The highest BCUT2D eigenvalue weighted by molar-refractivity contribution is 8.00. The van der Waals surface area contributed by atoms with E-state index in [4.69, 9.17) is 0 Å². The Morgan fingerprint density at radius 1 is 1.09 bits per heavy atom. The highest BCUT2D eigenvalue weighted by atomic mass is 32.2. The Morgan fingerprint density at radius 3 is 2.26 bits per heavy atom. The molecule has 0 aliphatic rings. The minimum absolute atomic E-state index is 0.233. The molecule has 0 spiro atoms. The van der Waals surface area contributed by atoms with Crippen molar-refractivity contribution in [2.45, 2.75) is 23.4 Å². The fourth-order valence-electron chi connectivity index (χ4n) is 1.74. The molecule has 23 heavy (non-hydrogen) atoms. The quantitative estimate of drug-likeness (QED) is 0.801. The summed E-state index contributed by atoms with van der Waals surface area (Å²) in [6.07, 6.45) is -4.73. The maximum absolute atomic E-state index is 12.1. The van der Waals surface area contributed by atoms with Gasteiger partial charge in [0.05, 0.1) is 5.25 Å². The molecular formula is C16H14F3NO2S. The molecule has 1 N–H and O–H groups in total. The molecule has 0 saturated heterocycles. The van der Waals surface area contributed by atoms with Crippen LogP contribution in [0.15, 0.2) is 59.5 Å². The topological polar surface area (TPSA) is 38.3 Å². The summed E-state index contributed by atoms with van der Waals surface area (Å²) in [4.78, 5) is 13.0. The molecule has 0 radical (unpaired) electrons. The molecule has 0 bridgehead atoms. The van der Waals surface area contributed by atoms with E-state index in [9.17, 15) is 18.0 Å². The summed E-state index contributed by atoms with van der Waals surface area (Å²) in [5, 5.41) is 2.31. The van der Waals surface area contributed by atoms with E-state index < -0.39 is 6.36 Å². The molecule has 7 heteroatoms. The maximum atomic E-state index is 12.1. The minimum atomic E-state index is -4.73. The van der Waals surface area contributed by atoms with Crippen molar-refractivity contribution in [3.05, 3.63) is 54.6 Å². The van der Waals surface area contributed by atoms with Crippen molar-refractivity contribution in [3.8, 4) is 5.75 Å². The summed E-state index contributed by atoms with van der Waals surface area (Å²) in [6.45, 7) is 1.76. The van der Waals surface area contributed by atoms with E-state index in [1.165, 1.54) is 23.9 Å². The summed E-state index contributed by atoms with van der Waals surface area (Å²) in [6, 6.07) is 14.5. The fraction of sp³-hybridized carbons (Fsp3) is 0.188. The van der Waals surface area contributed by atoms with E-state index in [1.807, 2.05) is 30.3 Å². The lowest BCUT2D eigenvalue weighted by Crippen LogP contribution is -2.22. The van der Waals surface area contributed by atoms with E-state index >= 15 is 0 Å². The zero-order valence-corrected chi connectivity index (χ0v) is 12.9. The van der Waals surface area contributed by atoms with E-state index in [0.717, 1.165) is 17.0 Å². The molecule has 1 amide bonds. The molecule has 0 heterocycles. The van der Waals surface area contributed by atoms with Crippen LogP contribution in [-0.2, 0) is 4.79 Å². The predicted octanol–water partition coefficient (Wildman–Crippen LogP) is 4.70. The Hall–Kier alpha value is -2.15. The van der Waals surface area contributed by atoms with Gasteiger partial charge in [-0.1, -0.05) is 18.2 Å². The number of anilines is 1. The van der Waals surface area contributed by atoms with Gasteiger partial charge in [-0.2, -0.15) is 0 Å². The minimum Gasteiger partial charge on any atom is -0.406 e. The van der Waals surface area contributed by atoms with E-state index in [1.54, 1.807) is 6.92 Å². The first-order valence-electron chi connectivity index (χ1n) is 6.72. The fourth-order valence-corrected chi connectivity index (χ4v) is 2.63. The molecule has 2 aromatic rings. The largest absolute Gasteiger partial charge is 0.573 e. The number of ether oxygens (including phenoxy) is 1. The number of carbonyl (C=O) groups is 1. The maximum Gasteiger partial charge on any atom is 0.573 e. The van der Waals surface area contributed by atoms with Gasteiger partial charge in [0.1, 0.15) is 5.75 Å². The van der Waals surface area contributed by atoms with Crippen molar-refractivity contribution in [3.63, 3.8) is 0 Å². The van der Waals surface area contributed by atoms with Crippen LogP contribution in [0.1, 0.15) is 6.92 Å². The van der Waals surface area contributed by atoms with Gasteiger partial charge in [0, 0.05) is 10.6 Å². The highest BCUT2D eigenvalue weighted by Crippen LogP contribution is 2.26. The summed E-state index contributed by atoms with van der Waals surface area (Å²) < 4.78 is 40.0. The van der Waals surface area contributed by atoms with Crippen LogP contribution in [0.25, 0.3) is 0 Å². The van der Waals surface area contributed by atoms with Gasteiger partial charge < -0.3 is 10.1 Å². The van der Waals surface area contributed by atoms with E-state index in [-0.39, 0.29) is 16.9 Å². The number of carbonyl (C=O) groups excluding carboxylic acids is 1. The molecule has 0 aromatic heterocycles. The van der Waals surface area contributed by atoms with Crippen LogP contribution in [0.3, 0.4) is 0 Å². The number of rotatable bonds is 5. The van der Waals surface area contributed by atoms with Gasteiger partial charge in [-0.05, 0) is 43.3 Å². The second kappa shape index (κ2) is 7.41. The summed E-state index contributed by atoms with van der Waals surface area (Å²) >= 11 is 1.40. The third-order valence-electron chi connectivity index (χ3n) is 2.78. The van der Waals surface area contributed by atoms with E-state index in [2.05, 4.69) is 10.1 Å². The molecule has 0 fully saturated rings. The second-order valence-electron chi connectivity index (χ2n) is 4.63. The van der Waals surface area contributed by atoms with Crippen LogP contribution >= 0.6 is 11.8 Å². The standard InChI is InChI=1S/C16H14F3NO2S/c1-11(23-14-5-3-2-4-6-14)15(21)20-12-7-9-13(10-8-12)22-16(17,18)19/h2-11H,1H3,(H,20,21). The highest BCUT2D eigenvalue weighted by Gasteiger charge is 2.31. The number of hydrogen-bond acceptors (Lipinski definition) is 3. The number of alkyl halides is 3. The predicted molar refractivity (Wildman–Crippen MR) is 83.5 cm³/mol. The van der Waals surface area contributed by atoms with Gasteiger partial charge in [0.2, 0.25) is 5.91 Å². The molecule has 0 aliphatic heterocycles. The molecule has 1 atom stereocenters. The molecule has 2 aromatic carbocycles. The van der Waals surface area contributed by atoms with Gasteiger partial charge in [-0.25, -0.2) is 0 Å². The first kappa shape index (κ1) is 17.2. The van der Waals surface area contributed by atoms with Crippen molar-refractivity contribution in [1.82, 2.24) is 0 Å². The third kappa shape index (κ3) is 5.86. The molecule has 0 saturated carbocycles. The number of hydrogen-bond donors (Lipinski definition) is 1. The Kier molecular flexibility index (Phi) is 5.54. The molecule has 122 valence electrons. The number of thioether (sulfide) groups is 1. The van der Waals surface area contributed by atoms with Crippen molar-refractivity contribution >= 4 is 23.4 Å². The second-order valence-corrected chi connectivity index (χ2v) is 6.05. The lowest BCUT2D eigenvalue weighted by atomic mass is 10.3. The van der Waals surface area contributed by atoms with E-state index in [0.29, 0.717) is 5.69 Å². The number of amides is 1. The molecule has 1 unspecified atom stereocenters. The van der Waals surface area contributed by atoms with Gasteiger partial charge in [0.15, 0.2) is 0 Å². The zero-order chi connectivity index (χ0) is 16.9. The number of nitrogens with one attached hydrogen (secondary N) is 1. The van der Waals surface area contributed by atoms with Crippen LogP contribution in [0, 0.1) is 0 Å². The molecule has 2 rings (SSSR count). The van der Waals surface area contributed by atoms with Crippen molar-refractivity contribution in [1.29, 1.82) is 0 Å². The summed E-state index contributed by atoms with van der Waals surface area (Å²) in [7, 11) is 0. The Bertz CT molecular complexity index is 645. The monoisotopic (exact) mass is 341 g/mol. The van der Waals surface area contributed by atoms with Crippen LogP contribution in [0.4, 0.5) is 18.9 Å². The van der Waals surface area contributed by atoms with Crippen LogP contribution in [0.5, 0.6) is 5.75 Å². The Labute approximate surface area is 135 Å². The SMILES string of the molecule is CC(Sc1ccccc1)C(=O)Nc1ccc(OC(F)(F)F)cc1. The summed E-state index contributed by atoms with van der Waals surface area (Å²) in [5.74, 6) is -0.564. The third-order valence-corrected chi connectivity index (χ3v) is 3.89. The molecule has 3 nitrogen and oxygen atoms in total. The summed E-state index contributed by atoms with van der Waals surface area (Å²) in [5.41, 5.74) is 0.407. The van der Waals surface area contributed by atoms with Crippen molar-refractivity contribution in [2.24, 2.45) is 0 Å². The van der Waals surface area contributed by atoms with Crippen molar-refractivity contribution < 1.29 is 22.7 Å². The van der Waals surface area contributed by atoms with Crippen molar-refractivity contribution in [2.75, 3.05) is 5.32 Å². The number of benzene rings is 2. The number of halogens is 3. The first-order valence-corrected chi connectivity index (χ1v) is 7.60. The zero-order valence-electron chi connectivity index (χ0n) is 12.1. The normalized spacial score (nSPS) is 12.5.